The number of hydrogen-bond acceptors (Lipinski definition) is 7. The van der Waals surface area contributed by atoms with E-state index in [1.54, 1.807) is 18.2 Å². The van der Waals surface area contributed by atoms with Gasteiger partial charge in [-0.3, -0.25) is 24.6 Å². The molecule has 1 saturated heterocycles. The lowest BCUT2D eigenvalue weighted by molar-refractivity contribution is -0.384. The number of ketones is 1. The van der Waals surface area contributed by atoms with Gasteiger partial charge in [-0.05, 0) is 40.8 Å². The minimum absolute atomic E-state index is 0.109. The van der Waals surface area contributed by atoms with Crippen molar-refractivity contribution in [2.24, 2.45) is 0 Å². The van der Waals surface area contributed by atoms with Crippen LogP contribution in [0.4, 0.5) is 11.4 Å². The predicted molar refractivity (Wildman–Crippen MR) is 140 cm³/mol. The number of aliphatic hydroxyl groups is 1. The minimum atomic E-state index is -0.943. The van der Waals surface area contributed by atoms with Gasteiger partial charge in [0.25, 0.3) is 17.4 Å². The van der Waals surface area contributed by atoms with Gasteiger partial charge in [0.15, 0.2) is 11.5 Å². The number of non-ortho nitro benzene ring substituents is 1. The lowest BCUT2D eigenvalue weighted by Crippen LogP contribution is -2.29. The highest BCUT2D eigenvalue weighted by Gasteiger charge is 2.47. The fraction of sp³-hybridized carbons (Fsp3) is 0.241. The normalized spacial score (nSPS) is 18.5. The summed E-state index contributed by atoms with van der Waals surface area (Å²) >= 11 is 0. The van der Waals surface area contributed by atoms with E-state index in [2.05, 4.69) is 20.8 Å². The van der Waals surface area contributed by atoms with Crippen molar-refractivity contribution < 1.29 is 29.1 Å². The van der Waals surface area contributed by atoms with E-state index in [0.717, 1.165) is 5.56 Å². The zero-order valence-electron chi connectivity index (χ0n) is 21.1. The molecule has 1 fully saturated rings. The van der Waals surface area contributed by atoms with Crippen LogP contribution < -0.4 is 14.4 Å². The van der Waals surface area contributed by atoms with Gasteiger partial charge in [-0.25, -0.2) is 0 Å². The van der Waals surface area contributed by atoms with Crippen LogP contribution >= 0.6 is 0 Å². The van der Waals surface area contributed by atoms with Crippen molar-refractivity contribution in [1.29, 1.82) is 0 Å². The molecule has 9 heteroatoms. The second-order valence-electron chi connectivity index (χ2n) is 10.2. The first-order chi connectivity index (χ1) is 18.1. The Morgan fingerprint density at radius 3 is 2.18 bits per heavy atom. The van der Waals surface area contributed by atoms with Crippen molar-refractivity contribution in [2.45, 2.75) is 32.2 Å². The van der Waals surface area contributed by atoms with E-state index in [4.69, 9.17) is 9.47 Å². The molecule has 0 aliphatic carbocycles. The number of Topliss-reactive ketones (excluding diaryl/α,β-unsaturated/α-hetero) is 1. The largest absolute Gasteiger partial charge is 0.507 e. The van der Waals surface area contributed by atoms with Crippen LogP contribution in [0.5, 0.6) is 11.5 Å². The van der Waals surface area contributed by atoms with E-state index in [1.807, 2.05) is 24.3 Å². The molecule has 38 heavy (non-hydrogen) atoms. The maximum Gasteiger partial charge on any atom is 0.300 e. The first-order valence-electron chi connectivity index (χ1n) is 12.1. The second-order valence-corrected chi connectivity index (χ2v) is 10.2. The van der Waals surface area contributed by atoms with Crippen LogP contribution in [0.15, 0.2) is 72.3 Å². The number of ether oxygens (including phenoxy) is 2. The number of anilines is 1. The van der Waals surface area contributed by atoms with Gasteiger partial charge in [0.1, 0.15) is 19.0 Å². The Bertz CT molecular complexity index is 1470. The lowest BCUT2D eigenvalue weighted by Gasteiger charge is -2.28. The highest BCUT2D eigenvalue weighted by atomic mass is 16.6. The van der Waals surface area contributed by atoms with Gasteiger partial charge < -0.3 is 14.6 Å². The van der Waals surface area contributed by atoms with Crippen molar-refractivity contribution in [3.05, 3.63) is 99.1 Å². The van der Waals surface area contributed by atoms with Crippen LogP contribution in [0.1, 0.15) is 43.5 Å². The summed E-state index contributed by atoms with van der Waals surface area (Å²) in [6.45, 7) is 7.01. The Morgan fingerprint density at radius 1 is 0.947 bits per heavy atom. The Morgan fingerprint density at radius 2 is 1.58 bits per heavy atom. The molecule has 5 rings (SSSR count). The van der Waals surface area contributed by atoms with Crippen molar-refractivity contribution in [3.63, 3.8) is 0 Å². The van der Waals surface area contributed by atoms with Gasteiger partial charge in [0, 0.05) is 29.4 Å². The maximum atomic E-state index is 13.4. The first kappa shape index (κ1) is 25.0. The van der Waals surface area contributed by atoms with Crippen molar-refractivity contribution in [1.82, 2.24) is 0 Å². The summed E-state index contributed by atoms with van der Waals surface area (Å²) in [7, 11) is 0. The molecule has 9 nitrogen and oxygen atoms in total. The molecule has 194 valence electrons. The third-order valence-corrected chi connectivity index (χ3v) is 6.69. The third-order valence-electron chi connectivity index (χ3n) is 6.69. The van der Waals surface area contributed by atoms with Gasteiger partial charge >= 0.3 is 0 Å². The second kappa shape index (κ2) is 9.33. The highest BCUT2D eigenvalue weighted by Crippen LogP contribution is 2.45. The maximum absolute atomic E-state index is 13.4. The van der Waals surface area contributed by atoms with Gasteiger partial charge in [0.2, 0.25) is 0 Å². The first-order valence-corrected chi connectivity index (χ1v) is 12.1. The van der Waals surface area contributed by atoms with E-state index in [1.165, 1.54) is 29.2 Å². The molecule has 1 amide bonds. The van der Waals surface area contributed by atoms with Gasteiger partial charge in [-0.1, -0.05) is 45.0 Å². The van der Waals surface area contributed by atoms with Crippen LogP contribution in [-0.2, 0) is 15.0 Å². The average Bonchev–Trinajstić information content (AvgIpc) is 3.17. The lowest BCUT2D eigenvalue weighted by atomic mass is 9.85. The zero-order valence-corrected chi connectivity index (χ0v) is 21.1. The third kappa shape index (κ3) is 4.36. The molecular formula is C29H26N2O7. The monoisotopic (exact) mass is 514 g/mol. The summed E-state index contributed by atoms with van der Waals surface area (Å²) < 4.78 is 11.3. The molecule has 2 aliphatic rings. The number of benzene rings is 3. The number of nitrogens with zero attached hydrogens (tertiary/aromatic N) is 2. The Kier molecular flexibility index (Phi) is 6.14. The van der Waals surface area contributed by atoms with Crippen LogP contribution in [-0.4, -0.2) is 34.9 Å². The van der Waals surface area contributed by atoms with Crippen molar-refractivity contribution in [2.75, 3.05) is 18.1 Å². The van der Waals surface area contributed by atoms with E-state index < -0.39 is 28.4 Å². The number of amides is 1. The molecule has 0 radical (unpaired) electrons. The molecule has 0 bridgehead atoms. The molecule has 1 unspecified atom stereocenters. The van der Waals surface area contributed by atoms with Crippen LogP contribution in [0.25, 0.3) is 5.76 Å². The molecule has 3 aromatic rings. The average molecular weight is 515 g/mol. The number of carbonyl (C=O) groups excluding carboxylic acids is 2. The summed E-state index contributed by atoms with van der Waals surface area (Å²) in [6.07, 6.45) is 0. The molecule has 0 aromatic heterocycles. The molecular weight excluding hydrogens is 488 g/mol. The summed E-state index contributed by atoms with van der Waals surface area (Å²) in [5.74, 6) is -1.10. The molecule has 0 saturated carbocycles. The fourth-order valence-corrected chi connectivity index (χ4v) is 4.66. The van der Waals surface area contributed by atoms with Crippen LogP contribution in [0.3, 0.4) is 0 Å². The topological polar surface area (TPSA) is 119 Å². The number of aliphatic hydroxyl groups excluding tert-OH is 1. The number of rotatable bonds is 4. The number of nitro groups is 1. The summed E-state index contributed by atoms with van der Waals surface area (Å²) in [4.78, 5) is 38.7. The van der Waals surface area contributed by atoms with Crippen LogP contribution in [0, 0.1) is 10.1 Å². The van der Waals surface area contributed by atoms with Crippen molar-refractivity contribution >= 4 is 28.8 Å². The van der Waals surface area contributed by atoms with Gasteiger partial charge in [-0.15, -0.1) is 0 Å². The number of carbonyl (C=O) groups is 2. The smallest absolute Gasteiger partial charge is 0.300 e. The number of hydrogen-bond donors (Lipinski definition) is 1. The van der Waals surface area contributed by atoms with Crippen molar-refractivity contribution in [3.8, 4) is 11.5 Å². The highest BCUT2D eigenvalue weighted by molar-refractivity contribution is 6.51. The fourth-order valence-electron chi connectivity index (χ4n) is 4.66. The van der Waals surface area contributed by atoms with E-state index in [9.17, 15) is 24.8 Å². The quantitative estimate of drug-likeness (QED) is 0.165. The molecule has 0 spiro atoms. The predicted octanol–water partition coefficient (Wildman–Crippen LogP) is 5.29. The van der Waals surface area contributed by atoms with Crippen LogP contribution in [0.2, 0.25) is 0 Å². The van der Waals surface area contributed by atoms with E-state index in [0.29, 0.717) is 36.0 Å². The number of fused-ring (bicyclic) bond motifs is 1. The van der Waals surface area contributed by atoms with E-state index >= 15 is 0 Å². The summed E-state index contributed by atoms with van der Waals surface area (Å²) in [6, 6.07) is 16.8. The molecule has 2 heterocycles. The van der Waals surface area contributed by atoms with E-state index in [-0.39, 0.29) is 22.2 Å². The molecule has 1 atom stereocenters. The Labute approximate surface area is 219 Å². The Hall–Kier alpha value is -4.66. The SMILES string of the molecule is CC(C)(C)c1ccc(C2/C(=C(\O)c3ccc([N+](=O)[O-])cc3)C(=O)C(=O)N2c2ccc3c(c2)OCCO3)cc1. The van der Waals surface area contributed by atoms with Gasteiger partial charge in [-0.2, -0.15) is 0 Å². The molecule has 1 N–H and O–H groups in total. The molecule has 2 aliphatic heterocycles. The number of nitro benzene ring substituents is 1. The Balaban J connectivity index is 1.67. The standard InChI is InChI=1S/C29H26N2O7/c1-29(2,3)19-8-4-17(5-9-19)25-24(26(32)18-6-10-20(11-7-18)31(35)36)27(33)28(34)30(25)21-12-13-22-23(16-21)38-15-14-37-22/h4-13,16,25,32H,14-15H2,1-3H3/b26-24+. The zero-order chi connectivity index (χ0) is 27.2. The summed E-state index contributed by atoms with van der Waals surface area (Å²) in [5, 5.41) is 22.4. The summed E-state index contributed by atoms with van der Waals surface area (Å²) in [5.41, 5.74) is 1.89. The minimum Gasteiger partial charge on any atom is -0.507 e. The van der Waals surface area contributed by atoms with Gasteiger partial charge in [0.05, 0.1) is 16.5 Å². The molecule has 3 aromatic carbocycles.